The van der Waals surface area contributed by atoms with Crippen molar-refractivity contribution >= 4 is 29.4 Å². The maximum Gasteiger partial charge on any atom is 0.410 e. The van der Waals surface area contributed by atoms with Crippen molar-refractivity contribution in [3.05, 3.63) is 52.4 Å². The molecule has 2 amide bonds. The standard InChI is InChI=1S/C29H40ClN5O5/c1-19-16-23(36)25-24(19)26(32-18-31-25)33-10-12-34(13-11-33)27(37)22(20-6-8-21(30)9-7-20)17-35(14-15-39-5)28(38)40-29(2,3)4/h6-9,18-19,22-23,36H,10-17H2,1-5H3/t19-,22-,23-/m1/s1. The quantitative estimate of drug-likeness (QED) is 0.505. The molecule has 2 aromatic rings. The predicted molar refractivity (Wildman–Crippen MR) is 153 cm³/mol. The molecule has 0 unspecified atom stereocenters. The fourth-order valence-electron chi connectivity index (χ4n) is 5.34. The summed E-state index contributed by atoms with van der Waals surface area (Å²) in [5, 5.41) is 11.0. The fourth-order valence-corrected chi connectivity index (χ4v) is 5.47. The molecular weight excluding hydrogens is 534 g/mol. The molecular formula is C29H40ClN5O5. The lowest BCUT2D eigenvalue weighted by molar-refractivity contribution is -0.133. The lowest BCUT2D eigenvalue weighted by Crippen LogP contribution is -2.52. The van der Waals surface area contributed by atoms with Crippen molar-refractivity contribution in [3.8, 4) is 0 Å². The Morgan fingerprint density at radius 2 is 1.82 bits per heavy atom. The number of amides is 2. The monoisotopic (exact) mass is 573 g/mol. The number of aliphatic hydroxyl groups excluding tert-OH is 1. The van der Waals surface area contributed by atoms with Crippen LogP contribution in [0.4, 0.5) is 10.6 Å². The van der Waals surface area contributed by atoms with Crippen molar-refractivity contribution in [3.63, 3.8) is 0 Å². The number of anilines is 1. The zero-order valence-electron chi connectivity index (χ0n) is 24.0. The molecule has 4 rings (SSSR count). The SMILES string of the molecule is COCCN(C[C@@H](C(=O)N1CCN(c2ncnc3c2[C@H](C)C[C@H]3O)CC1)c1ccc(Cl)cc1)C(=O)OC(C)(C)C. The molecule has 0 radical (unpaired) electrons. The first kappa shape index (κ1) is 30.0. The molecule has 11 heteroatoms. The molecule has 1 aromatic heterocycles. The number of carbonyl (C=O) groups is 2. The maximum atomic E-state index is 14.0. The molecule has 1 aromatic carbocycles. The smallest absolute Gasteiger partial charge is 0.410 e. The fraction of sp³-hybridized carbons (Fsp3) is 0.586. The summed E-state index contributed by atoms with van der Waals surface area (Å²) in [7, 11) is 1.57. The van der Waals surface area contributed by atoms with Gasteiger partial charge in [0, 0.05) is 57.0 Å². The first-order valence-electron chi connectivity index (χ1n) is 13.8. The van der Waals surface area contributed by atoms with Crippen LogP contribution in [0.3, 0.4) is 0 Å². The largest absolute Gasteiger partial charge is 0.444 e. The van der Waals surface area contributed by atoms with Gasteiger partial charge in [-0.25, -0.2) is 14.8 Å². The minimum Gasteiger partial charge on any atom is -0.444 e. The molecule has 1 saturated heterocycles. The van der Waals surface area contributed by atoms with Crippen LogP contribution in [-0.4, -0.2) is 95.5 Å². The Kier molecular flexibility index (Phi) is 9.53. The average molecular weight is 574 g/mol. The van der Waals surface area contributed by atoms with E-state index in [9.17, 15) is 14.7 Å². The van der Waals surface area contributed by atoms with E-state index < -0.39 is 23.7 Å². The molecule has 218 valence electrons. The van der Waals surface area contributed by atoms with E-state index in [1.54, 1.807) is 24.1 Å². The van der Waals surface area contributed by atoms with Gasteiger partial charge >= 0.3 is 6.09 Å². The number of aliphatic hydroxyl groups is 1. The van der Waals surface area contributed by atoms with Gasteiger partial charge in [0.25, 0.3) is 0 Å². The van der Waals surface area contributed by atoms with Crippen molar-refractivity contribution in [1.82, 2.24) is 19.8 Å². The topological polar surface area (TPSA) is 108 Å². The predicted octanol–water partition coefficient (Wildman–Crippen LogP) is 3.99. The van der Waals surface area contributed by atoms with Gasteiger partial charge in [-0.3, -0.25) is 4.79 Å². The molecule has 40 heavy (non-hydrogen) atoms. The third kappa shape index (κ3) is 7.03. The van der Waals surface area contributed by atoms with Gasteiger partial charge in [0.1, 0.15) is 17.7 Å². The second kappa shape index (κ2) is 12.7. The third-order valence-corrected chi connectivity index (χ3v) is 7.61. The van der Waals surface area contributed by atoms with Crippen LogP contribution >= 0.6 is 11.6 Å². The highest BCUT2D eigenvalue weighted by Gasteiger charge is 2.36. The van der Waals surface area contributed by atoms with Gasteiger partial charge in [0.15, 0.2) is 0 Å². The summed E-state index contributed by atoms with van der Waals surface area (Å²) in [6.45, 7) is 10.5. The molecule has 1 aliphatic carbocycles. The van der Waals surface area contributed by atoms with E-state index >= 15 is 0 Å². The minimum atomic E-state index is -0.673. The van der Waals surface area contributed by atoms with E-state index in [2.05, 4.69) is 21.8 Å². The second-order valence-corrected chi connectivity index (χ2v) is 11.9. The lowest BCUT2D eigenvalue weighted by Gasteiger charge is -2.38. The Morgan fingerprint density at radius 3 is 2.45 bits per heavy atom. The van der Waals surface area contributed by atoms with Crippen LogP contribution in [-0.2, 0) is 14.3 Å². The van der Waals surface area contributed by atoms with Crippen LogP contribution in [0, 0.1) is 0 Å². The number of fused-ring (bicyclic) bond motifs is 1. The Bertz CT molecular complexity index is 1180. The van der Waals surface area contributed by atoms with Gasteiger partial charge in [0.2, 0.25) is 5.91 Å². The van der Waals surface area contributed by atoms with Crippen LogP contribution in [0.15, 0.2) is 30.6 Å². The van der Waals surface area contributed by atoms with Gasteiger partial charge in [-0.1, -0.05) is 30.7 Å². The number of carbonyl (C=O) groups excluding carboxylic acids is 2. The highest BCUT2D eigenvalue weighted by molar-refractivity contribution is 6.30. The number of hydrogen-bond acceptors (Lipinski definition) is 8. The summed E-state index contributed by atoms with van der Waals surface area (Å²) >= 11 is 6.15. The molecule has 2 aliphatic rings. The summed E-state index contributed by atoms with van der Waals surface area (Å²) in [4.78, 5) is 41.6. The van der Waals surface area contributed by atoms with Gasteiger partial charge in [0.05, 0.1) is 24.3 Å². The van der Waals surface area contributed by atoms with E-state index in [1.165, 1.54) is 6.33 Å². The molecule has 3 atom stereocenters. The van der Waals surface area contributed by atoms with Crippen molar-refractivity contribution in [2.75, 3.05) is 57.9 Å². The van der Waals surface area contributed by atoms with Crippen molar-refractivity contribution in [2.24, 2.45) is 0 Å². The van der Waals surface area contributed by atoms with Crippen LogP contribution in [0.5, 0.6) is 0 Å². The van der Waals surface area contributed by atoms with E-state index in [-0.39, 0.29) is 18.4 Å². The molecule has 1 N–H and O–H groups in total. The summed E-state index contributed by atoms with van der Waals surface area (Å²) < 4.78 is 10.9. The highest BCUT2D eigenvalue weighted by Crippen LogP contribution is 2.42. The number of ether oxygens (including phenoxy) is 2. The van der Waals surface area contributed by atoms with E-state index in [4.69, 9.17) is 21.1 Å². The number of benzene rings is 1. The molecule has 1 fully saturated rings. The zero-order valence-corrected chi connectivity index (χ0v) is 24.7. The van der Waals surface area contributed by atoms with Gasteiger partial charge in [-0.15, -0.1) is 0 Å². The molecule has 1 aliphatic heterocycles. The molecule has 0 saturated carbocycles. The Morgan fingerprint density at radius 1 is 1.15 bits per heavy atom. The minimum absolute atomic E-state index is 0.0651. The first-order chi connectivity index (χ1) is 19.0. The Hall–Kier alpha value is -2.95. The van der Waals surface area contributed by atoms with Crippen LogP contribution in [0.25, 0.3) is 0 Å². The van der Waals surface area contributed by atoms with Gasteiger partial charge in [-0.2, -0.15) is 0 Å². The van der Waals surface area contributed by atoms with Crippen LogP contribution < -0.4 is 4.90 Å². The van der Waals surface area contributed by atoms with E-state index in [0.29, 0.717) is 56.5 Å². The molecule has 0 spiro atoms. The van der Waals surface area contributed by atoms with Crippen molar-refractivity contribution < 1.29 is 24.2 Å². The summed E-state index contributed by atoms with van der Waals surface area (Å²) in [5.41, 5.74) is 1.81. The number of aromatic nitrogens is 2. The summed E-state index contributed by atoms with van der Waals surface area (Å²) in [6, 6.07) is 7.18. The number of piperazine rings is 1. The van der Waals surface area contributed by atoms with E-state index in [0.717, 1.165) is 16.9 Å². The highest BCUT2D eigenvalue weighted by atomic mass is 35.5. The Balaban J connectivity index is 1.53. The number of halogens is 1. The number of nitrogens with zero attached hydrogens (tertiary/aromatic N) is 5. The average Bonchev–Trinajstić information content (AvgIpc) is 3.21. The summed E-state index contributed by atoms with van der Waals surface area (Å²) in [5.74, 6) is 0.337. The van der Waals surface area contributed by atoms with Crippen molar-refractivity contribution in [1.29, 1.82) is 0 Å². The first-order valence-corrected chi connectivity index (χ1v) is 14.1. The second-order valence-electron chi connectivity index (χ2n) is 11.5. The van der Waals surface area contributed by atoms with Crippen LogP contribution in [0.2, 0.25) is 5.02 Å². The number of hydrogen-bond donors (Lipinski definition) is 1. The third-order valence-electron chi connectivity index (χ3n) is 7.36. The van der Waals surface area contributed by atoms with Crippen LogP contribution in [0.1, 0.15) is 68.9 Å². The molecule has 2 heterocycles. The van der Waals surface area contributed by atoms with Gasteiger partial charge < -0.3 is 29.3 Å². The normalized spacial score (nSPS) is 19.8. The number of methoxy groups -OCH3 is 1. The van der Waals surface area contributed by atoms with Gasteiger partial charge in [-0.05, 0) is 50.8 Å². The summed E-state index contributed by atoms with van der Waals surface area (Å²) in [6.07, 6.45) is 1.09. The molecule has 10 nitrogen and oxygen atoms in total. The van der Waals surface area contributed by atoms with Crippen molar-refractivity contribution in [2.45, 2.75) is 57.7 Å². The molecule has 0 bridgehead atoms. The Labute approximate surface area is 241 Å². The maximum absolute atomic E-state index is 14.0. The van der Waals surface area contributed by atoms with E-state index in [1.807, 2.05) is 37.8 Å². The number of rotatable bonds is 8. The lowest BCUT2D eigenvalue weighted by atomic mass is 9.96. The zero-order chi connectivity index (χ0) is 29.0.